The van der Waals surface area contributed by atoms with Gasteiger partial charge in [0.2, 0.25) is 0 Å². The maximum Gasteiger partial charge on any atom is 0.324 e. The van der Waals surface area contributed by atoms with E-state index >= 15 is 0 Å². The normalized spacial score (nSPS) is 23.6. The maximum absolute atomic E-state index is 11.8. The van der Waals surface area contributed by atoms with Crippen LogP contribution in [-0.2, 0) is 9.53 Å². The van der Waals surface area contributed by atoms with E-state index < -0.39 is 0 Å². The molecule has 2 fully saturated rings. The van der Waals surface area contributed by atoms with E-state index in [2.05, 4.69) is 29.2 Å². The quantitative estimate of drug-likeness (QED) is 0.703. The summed E-state index contributed by atoms with van der Waals surface area (Å²) in [5.74, 6) is -0.123. The molecule has 2 rings (SSSR count). The molecule has 0 bridgehead atoms. The molecule has 1 saturated carbocycles. The number of hydrogen-bond acceptors (Lipinski definition) is 5. The predicted molar refractivity (Wildman–Crippen MR) is 75.1 cm³/mol. The van der Waals surface area contributed by atoms with Crippen LogP contribution in [0.5, 0.6) is 0 Å². The third kappa shape index (κ3) is 4.44. The monoisotopic (exact) mass is 269 g/mol. The summed E-state index contributed by atoms with van der Waals surface area (Å²) in [4.78, 5) is 16.5. The molecule has 0 aromatic heterocycles. The summed E-state index contributed by atoms with van der Waals surface area (Å²) in [6.45, 7) is 2.93. The third-order valence-corrected chi connectivity index (χ3v) is 4.23. The molecule has 0 radical (unpaired) electrons. The second-order valence-electron chi connectivity index (χ2n) is 6.01. The van der Waals surface area contributed by atoms with Crippen LogP contribution in [0.3, 0.4) is 0 Å². The Morgan fingerprint density at radius 2 is 1.95 bits per heavy atom. The molecule has 1 unspecified atom stereocenters. The first-order valence-electron chi connectivity index (χ1n) is 7.33. The predicted octanol–water partition coefficient (Wildman–Crippen LogP) is 0.306. The Balaban J connectivity index is 1.79. The summed E-state index contributed by atoms with van der Waals surface area (Å²) in [5.41, 5.74) is 0. The molecule has 1 heterocycles. The fraction of sp³-hybridized carbons (Fsp3) is 0.929. The second-order valence-corrected chi connectivity index (χ2v) is 6.01. The zero-order valence-corrected chi connectivity index (χ0v) is 12.4. The van der Waals surface area contributed by atoms with Crippen LogP contribution >= 0.6 is 0 Å². The van der Waals surface area contributed by atoms with Crippen LogP contribution in [0.4, 0.5) is 0 Å². The van der Waals surface area contributed by atoms with Crippen LogP contribution in [0.2, 0.25) is 0 Å². The summed E-state index contributed by atoms with van der Waals surface area (Å²) in [7, 11) is 5.76. The van der Waals surface area contributed by atoms with E-state index in [1.54, 1.807) is 0 Å². The SMILES string of the molecule is COC(=O)C(CN1CCC(N(C)C)CC1)NC1CC1. The fourth-order valence-corrected chi connectivity index (χ4v) is 2.75. The molecule has 1 aliphatic heterocycles. The standard InChI is InChI=1S/C14H27N3O2/c1-16(2)12-6-8-17(9-7-12)10-13(14(18)19-3)15-11-4-5-11/h11-13,15H,4-10H2,1-3H3. The fourth-order valence-electron chi connectivity index (χ4n) is 2.75. The van der Waals surface area contributed by atoms with E-state index in [0.717, 1.165) is 19.6 Å². The lowest BCUT2D eigenvalue weighted by Crippen LogP contribution is -2.51. The molecular formula is C14H27N3O2. The molecule has 1 saturated heterocycles. The first kappa shape index (κ1) is 14.8. The van der Waals surface area contributed by atoms with Gasteiger partial charge in [-0.1, -0.05) is 0 Å². The molecule has 0 aromatic carbocycles. The van der Waals surface area contributed by atoms with Gasteiger partial charge in [0.1, 0.15) is 6.04 Å². The highest BCUT2D eigenvalue weighted by molar-refractivity contribution is 5.76. The number of nitrogens with zero attached hydrogens (tertiary/aromatic N) is 2. The summed E-state index contributed by atoms with van der Waals surface area (Å²) < 4.78 is 4.91. The number of piperidine rings is 1. The minimum atomic E-state index is -0.159. The minimum Gasteiger partial charge on any atom is -0.468 e. The molecular weight excluding hydrogens is 242 g/mol. The van der Waals surface area contributed by atoms with Gasteiger partial charge in [0, 0.05) is 18.6 Å². The van der Waals surface area contributed by atoms with Crippen molar-refractivity contribution in [1.82, 2.24) is 15.1 Å². The second kappa shape index (κ2) is 6.68. The summed E-state index contributed by atoms with van der Waals surface area (Å²) in [6, 6.07) is 1.06. The molecule has 0 aromatic rings. The average molecular weight is 269 g/mol. The maximum atomic E-state index is 11.8. The van der Waals surface area contributed by atoms with Crippen molar-refractivity contribution in [2.75, 3.05) is 40.8 Å². The van der Waals surface area contributed by atoms with Crippen molar-refractivity contribution < 1.29 is 9.53 Å². The number of carbonyl (C=O) groups is 1. The van der Waals surface area contributed by atoms with Gasteiger partial charge in [-0.3, -0.25) is 4.79 Å². The highest BCUT2D eigenvalue weighted by Gasteiger charge is 2.31. The van der Waals surface area contributed by atoms with E-state index in [1.165, 1.54) is 32.8 Å². The Morgan fingerprint density at radius 1 is 1.32 bits per heavy atom. The molecule has 1 aliphatic carbocycles. The van der Waals surface area contributed by atoms with Crippen molar-refractivity contribution in [3.63, 3.8) is 0 Å². The number of nitrogens with one attached hydrogen (secondary N) is 1. The largest absolute Gasteiger partial charge is 0.468 e. The number of ether oxygens (including phenoxy) is 1. The van der Waals surface area contributed by atoms with Crippen molar-refractivity contribution in [2.24, 2.45) is 0 Å². The van der Waals surface area contributed by atoms with Crippen LogP contribution in [0.25, 0.3) is 0 Å². The van der Waals surface area contributed by atoms with Crippen molar-refractivity contribution in [3.05, 3.63) is 0 Å². The first-order valence-corrected chi connectivity index (χ1v) is 7.33. The van der Waals surface area contributed by atoms with Gasteiger partial charge in [0.15, 0.2) is 0 Å². The Labute approximate surface area is 116 Å². The average Bonchev–Trinajstić information content (AvgIpc) is 3.21. The Hall–Kier alpha value is -0.650. The molecule has 0 spiro atoms. The topological polar surface area (TPSA) is 44.8 Å². The van der Waals surface area contributed by atoms with E-state index in [-0.39, 0.29) is 12.0 Å². The van der Waals surface area contributed by atoms with E-state index in [4.69, 9.17) is 4.74 Å². The summed E-state index contributed by atoms with van der Waals surface area (Å²) in [6.07, 6.45) is 4.75. The lowest BCUT2D eigenvalue weighted by molar-refractivity contribution is -0.143. The van der Waals surface area contributed by atoms with Gasteiger partial charge in [-0.05, 0) is 52.9 Å². The number of likely N-dealkylation sites (tertiary alicyclic amines) is 1. The van der Waals surface area contributed by atoms with Crippen LogP contribution in [0, 0.1) is 0 Å². The van der Waals surface area contributed by atoms with Crippen LogP contribution in [0.1, 0.15) is 25.7 Å². The third-order valence-electron chi connectivity index (χ3n) is 4.23. The van der Waals surface area contributed by atoms with E-state index in [1.807, 2.05) is 0 Å². The van der Waals surface area contributed by atoms with Gasteiger partial charge >= 0.3 is 5.97 Å². The molecule has 1 N–H and O–H groups in total. The molecule has 5 nitrogen and oxygen atoms in total. The minimum absolute atomic E-state index is 0.123. The van der Waals surface area contributed by atoms with Crippen molar-refractivity contribution in [2.45, 2.75) is 43.8 Å². The Morgan fingerprint density at radius 3 is 2.42 bits per heavy atom. The van der Waals surface area contributed by atoms with Gasteiger partial charge in [-0.15, -0.1) is 0 Å². The van der Waals surface area contributed by atoms with Crippen LogP contribution < -0.4 is 5.32 Å². The summed E-state index contributed by atoms with van der Waals surface area (Å²) >= 11 is 0. The van der Waals surface area contributed by atoms with Crippen molar-refractivity contribution in [1.29, 1.82) is 0 Å². The molecule has 19 heavy (non-hydrogen) atoms. The van der Waals surface area contributed by atoms with Gasteiger partial charge in [0.25, 0.3) is 0 Å². The first-order chi connectivity index (χ1) is 9.10. The number of rotatable bonds is 6. The Kier molecular flexibility index (Phi) is 5.19. The van der Waals surface area contributed by atoms with Gasteiger partial charge in [-0.25, -0.2) is 0 Å². The van der Waals surface area contributed by atoms with Gasteiger partial charge < -0.3 is 19.9 Å². The lowest BCUT2D eigenvalue weighted by atomic mass is 10.0. The number of carbonyl (C=O) groups excluding carboxylic acids is 1. The number of methoxy groups -OCH3 is 1. The van der Waals surface area contributed by atoms with Crippen molar-refractivity contribution in [3.8, 4) is 0 Å². The van der Waals surface area contributed by atoms with E-state index in [9.17, 15) is 4.79 Å². The number of hydrogen-bond donors (Lipinski definition) is 1. The van der Waals surface area contributed by atoms with Crippen LogP contribution in [0.15, 0.2) is 0 Å². The van der Waals surface area contributed by atoms with Gasteiger partial charge in [-0.2, -0.15) is 0 Å². The zero-order valence-electron chi connectivity index (χ0n) is 12.4. The van der Waals surface area contributed by atoms with Gasteiger partial charge in [0.05, 0.1) is 7.11 Å². The number of esters is 1. The molecule has 2 aliphatic rings. The summed E-state index contributed by atoms with van der Waals surface area (Å²) in [5, 5.41) is 3.40. The zero-order chi connectivity index (χ0) is 13.8. The molecule has 0 amide bonds. The smallest absolute Gasteiger partial charge is 0.324 e. The Bertz CT molecular complexity index is 297. The molecule has 110 valence electrons. The lowest BCUT2D eigenvalue weighted by Gasteiger charge is -2.36. The van der Waals surface area contributed by atoms with E-state index in [0.29, 0.717) is 12.1 Å². The van der Waals surface area contributed by atoms with Crippen LogP contribution in [-0.4, -0.2) is 74.7 Å². The van der Waals surface area contributed by atoms with Crippen molar-refractivity contribution >= 4 is 5.97 Å². The molecule has 5 heteroatoms. The highest BCUT2D eigenvalue weighted by atomic mass is 16.5. The highest BCUT2D eigenvalue weighted by Crippen LogP contribution is 2.20. The molecule has 1 atom stereocenters.